The van der Waals surface area contributed by atoms with E-state index in [-0.39, 0.29) is 11.6 Å². The zero-order valence-corrected chi connectivity index (χ0v) is 19.5. The van der Waals surface area contributed by atoms with E-state index in [1.807, 2.05) is 24.3 Å². The molecule has 1 fully saturated rings. The molecule has 1 aromatic heterocycles. The Balaban J connectivity index is 1.86. The van der Waals surface area contributed by atoms with Gasteiger partial charge in [0.25, 0.3) is 5.00 Å². The molecule has 0 radical (unpaired) electrons. The van der Waals surface area contributed by atoms with E-state index >= 15 is 4.39 Å². The van der Waals surface area contributed by atoms with Gasteiger partial charge < -0.3 is 9.64 Å². The van der Waals surface area contributed by atoms with Crippen LogP contribution < -0.4 is 0 Å². The summed E-state index contributed by atoms with van der Waals surface area (Å²) in [5.74, 6) is -0.484. The molecule has 3 rings (SSSR count). The van der Waals surface area contributed by atoms with Crippen LogP contribution in [-0.2, 0) is 26.0 Å². The standard InChI is InChI=1S/C19H22BrFN2O4S2/c1-18(2,3)27-17(24)23-8-9-29(25,26)19(21,12-23)16-22-11-14(28-16)10-13-6-4-5-7-15(13)20/h4-7,11H,8-10,12H2,1-3H3. The minimum absolute atomic E-state index is 0.113. The molecule has 10 heteroatoms. The summed E-state index contributed by atoms with van der Waals surface area (Å²) < 4.78 is 47.2. The average molecular weight is 505 g/mol. The molecule has 6 nitrogen and oxygen atoms in total. The number of hydrogen-bond donors (Lipinski definition) is 0. The van der Waals surface area contributed by atoms with Gasteiger partial charge >= 0.3 is 6.09 Å². The maximum absolute atomic E-state index is 15.9. The summed E-state index contributed by atoms with van der Waals surface area (Å²) in [5, 5.41) is -2.91. The highest BCUT2D eigenvalue weighted by molar-refractivity contribution is 9.10. The lowest BCUT2D eigenvalue weighted by atomic mass is 10.1. The second-order valence-electron chi connectivity index (χ2n) is 7.85. The van der Waals surface area contributed by atoms with E-state index in [1.54, 1.807) is 20.8 Å². The molecule has 1 aromatic carbocycles. The number of thiazole rings is 1. The molecule has 29 heavy (non-hydrogen) atoms. The Morgan fingerprint density at radius 3 is 2.72 bits per heavy atom. The van der Waals surface area contributed by atoms with E-state index in [4.69, 9.17) is 4.74 Å². The number of sulfone groups is 1. The van der Waals surface area contributed by atoms with E-state index in [0.29, 0.717) is 6.42 Å². The van der Waals surface area contributed by atoms with Crippen LogP contribution in [0.1, 0.15) is 36.2 Å². The molecule has 2 aromatic rings. The fourth-order valence-electron chi connectivity index (χ4n) is 2.89. The lowest BCUT2D eigenvalue weighted by Gasteiger charge is -2.36. The van der Waals surface area contributed by atoms with Crippen LogP contribution in [0, 0.1) is 0 Å². The molecule has 1 amide bonds. The molecule has 0 aliphatic carbocycles. The largest absolute Gasteiger partial charge is 0.444 e. The van der Waals surface area contributed by atoms with E-state index in [0.717, 1.165) is 31.2 Å². The molecule has 0 N–H and O–H groups in total. The highest BCUT2D eigenvalue weighted by atomic mass is 79.9. The number of amides is 1. The van der Waals surface area contributed by atoms with Gasteiger partial charge in [-0.15, -0.1) is 11.3 Å². The highest BCUT2D eigenvalue weighted by Crippen LogP contribution is 2.40. The number of benzene rings is 1. The number of alkyl halides is 1. The number of nitrogens with zero attached hydrogens (tertiary/aromatic N) is 2. The number of rotatable bonds is 3. The lowest BCUT2D eigenvalue weighted by Crippen LogP contribution is -2.54. The van der Waals surface area contributed by atoms with Crippen LogP contribution >= 0.6 is 27.3 Å². The normalized spacial score (nSPS) is 21.8. The monoisotopic (exact) mass is 504 g/mol. The predicted molar refractivity (Wildman–Crippen MR) is 113 cm³/mol. The molecule has 0 bridgehead atoms. The number of carbonyl (C=O) groups excluding carboxylic acids is 1. The number of halogens is 2. The molecule has 158 valence electrons. The number of hydrogen-bond acceptors (Lipinski definition) is 6. The molecule has 1 aliphatic rings. The summed E-state index contributed by atoms with van der Waals surface area (Å²) in [6.45, 7) is 4.35. The fourth-order valence-corrected chi connectivity index (χ4v) is 6.18. The summed E-state index contributed by atoms with van der Waals surface area (Å²) in [6.07, 6.45) is 1.24. The summed E-state index contributed by atoms with van der Waals surface area (Å²) in [7, 11) is -4.13. The first-order valence-electron chi connectivity index (χ1n) is 8.99. The Morgan fingerprint density at radius 2 is 2.07 bits per heavy atom. The summed E-state index contributed by atoms with van der Waals surface area (Å²) >= 11 is 4.48. The first-order chi connectivity index (χ1) is 13.4. The second-order valence-corrected chi connectivity index (χ2v) is 12.1. The number of carbonyl (C=O) groups is 1. The van der Waals surface area contributed by atoms with Crippen LogP contribution in [-0.4, -0.2) is 48.8 Å². The summed E-state index contributed by atoms with van der Waals surface area (Å²) in [4.78, 5) is 18.2. The van der Waals surface area contributed by atoms with Crippen LogP contribution in [0.25, 0.3) is 0 Å². The van der Waals surface area contributed by atoms with E-state index < -0.39 is 38.8 Å². The van der Waals surface area contributed by atoms with Gasteiger partial charge in [0.2, 0.25) is 0 Å². The van der Waals surface area contributed by atoms with Crippen LogP contribution in [0.5, 0.6) is 0 Å². The molecular formula is C19H22BrFN2O4S2. The molecule has 1 atom stereocenters. The minimum atomic E-state index is -4.13. The Morgan fingerprint density at radius 1 is 1.38 bits per heavy atom. The number of aromatic nitrogens is 1. The zero-order valence-electron chi connectivity index (χ0n) is 16.3. The highest BCUT2D eigenvalue weighted by Gasteiger charge is 2.54. The fraction of sp³-hybridized carbons (Fsp3) is 0.474. The molecule has 1 saturated heterocycles. The van der Waals surface area contributed by atoms with Crippen molar-refractivity contribution in [3.8, 4) is 0 Å². The van der Waals surface area contributed by atoms with Crippen molar-refractivity contribution in [3.63, 3.8) is 0 Å². The third-order valence-corrected chi connectivity index (χ3v) is 8.43. The molecule has 0 spiro atoms. The van der Waals surface area contributed by atoms with Gasteiger partial charge in [0.1, 0.15) is 10.6 Å². The third-order valence-electron chi connectivity index (χ3n) is 4.36. The molecular weight excluding hydrogens is 483 g/mol. The molecule has 2 heterocycles. The van der Waals surface area contributed by atoms with Crippen molar-refractivity contribution >= 4 is 43.2 Å². The van der Waals surface area contributed by atoms with Gasteiger partial charge in [0, 0.05) is 28.5 Å². The SMILES string of the molecule is CC(C)(C)OC(=O)N1CCS(=O)(=O)C(F)(c2ncc(Cc3ccccc3Br)s2)C1. The topological polar surface area (TPSA) is 76.6 Å². The van der Waals surface area contributed by atoms with Crippen LogP contribution in [0.3, 0.4) is 0 Å². The van der Waals surface area contributed by atoms with Crippen LogP contribution in [0.15, 0.2) is 34.9 Å². The maximum Gasteiger partial charge on any atom is 0.410 e. The van der Waals surface area contributed by atoms with Gasteiger partial charge in [-0.25, -0.2) is 22.6 Å². The van der Waals surface area contributed by atoms with Gasteiger partial charge in [0.05, 0.1) is 12.3 Å². The Bertz CT molecular complexity index is 1020. The molecule has 1 aliphatic heterocycles. The van der Waals surface area contributed by atoms with E-state index in [2.05, 4.69) is 20.9 Å². The molecule has 0 saturated carbocycles. The van der Waals surface area contributed by atoms with Crippen molar-refractivity contribution in [2.45, 2.75) is 37.8 Å². The second kappa shape index (κ2) is 7.96. The van der Waals surface area contributed by atoms with Gasteiger partial charge in [-0.05, 0) is 32.4 Å². The third kappa shape index (κ3) is 4.80. The Labute approximate surface area is 182 Å². The summed E-state index contributed by atoms with van der Waals surface area (Å²) in [6, 6.07) is 7.61. The smallest absolute Gasteiger partial charge is 0.410 e. The number of ether oxygens (including phenoxy) is 1. The van der Waals surface area contributed by atoms with Gasteiger partial charge in [-0.2, -0.15) is 0 Å². The quantitative estimate of drug-likeness (QED) is 0.623. The van der Waals surface area contributed by atoms with Gasteiger partial charge in [-0.3, -0.25) is 0 Å². The van der Waals surface area contributed by atoms with Crippen LogP contribution in [0.4, 0.5) is 9.18 Å². The van der Waals surface area contributed by atoms with Crippen molar-refractivity contribution in [3.05, 3.63) is 50.4 Å². The van der Waals surface area contributed by atoms with Crippen LogP contribution in [0.2, 0.25) is 0 Å². The lowest BCUT2D eigenvalue weighted by molar-refractivity contribution is 0.0169. The zero-order chi connectivity index (χ0) is 21.4. The van der Waals surface area contributed by atoms with Crippen molar-refractivity contribution in [1.82, 2.24) is 9.88 Å². The first kappa shape index (κ1) is 22.2. The van der Waals surface area contributed by atoms with Crippen molar-refractivity contribution in [1.29, 1.82) is 0 Å². The van der Waals surface area contributed by atoms with Crippen molar-refractivity contribution in [2.24, 2.45) is 0 Å². The van der Waals surface area contributed by atoms with Gasteiger partial charge in [0.15, 0.2) is 9.84 Å². The predicted octanol–water partition coefficient (Wildman–Crippen LogP) is 4.28. The first-order valence-corrected chi connectivity index (χ1v) is 12.3. The van der Waals surface area contributed by atoms with E-state index in [9.17, 15) is 13.2 Å². The Kier molecular flexibility index (Phi) is 6.08. The Hall–Kier alpha value is -1.52. The summed E-state index contributed by atoms with van der Waals surface area (Å²) in [5.41, 5.74) is 0.224. The maximum atomic E-state index is 15.9. The van der Waals surface area contributed by atoms with Gasteiger partial charge in [-0.1, -0.05) is 34.1 Å². The van der Waals surface area contributed by atoms with E-state index in [1.165, 1.54) is 6.20 Å². The molecule has 1 unspecified atom stereocenters. The average Bonchev–Trinajstić information content (AvgIpc) is 3.07. The van der Waals surface area contributed by atoms with Crippen molar-refractivity contribution < 1.29 is 22.3 Å². The van der Waals surface area contributed by atoms with Crippen molar-refractivity contribution in [2.75, 3.05) is 18.8 Å². The minimum Gasteiger partial charge on any atom is -0.444 e.